The molecule has 248 valence electrons. The average molecular weight is 713 g/mol. The number of hydrogen-bond donors (Lipinski definition) is 1. The molecule has 0 radical (unpaired) electrons. The van der Waals surface area contributed by atoms with E-state index in [1.54, 1.807) is 0 Å². The summed E-state index contributed by atoms with van der Waals surface area (Å²) in [6, 6.07) is 2.45. The first-order valence-corrected chi connectivity index (χ1v) is 17.2. The molecule has 0 saturated carbocycles. The van der Waals surface area contributed by atoms with Gasteiger partial charge in [-0.05, 0) is 17.5 Å². The molecular formula is C28H21ClO16S2. The van der Waals surface area contributed by atoms with Crippen LogP contribution in [0.3, 0.4) is 0 Å². The van der Waals surface area contributed by atoms with Crippen LogP contribution in [0, 0.1) is 0 Å². The number of benzene rings is 2. The van der Waals surface area contributed by atoms with E-state index in [4.69, 9.17) is 38.6 Å². The van der Waals surface area contributed by atoms with Gasteiger partial charge in [0.05, 0.1) is 49.7 Å². The van der Waals surface area contributed by atoms with Crippen molar-refractivity contribution >= 4 is 60.1 Å². The van der Waals surface area contributed by atoms with Crippen molar-refractivity contribution in [3.63, 3.8) is 0 Å². The molecule has 1 aromatic heterocycles. The van der Waals surface area contributed by atoms with Gasteiger partial charge in [-0.15, -0.1) is 11.6 Å². The lowest BCUT2D eigenvalue weighted by molar-refractivity contribution is -0.113. The Balaban J connectivity index is 1.57. The smallest absolute Gasteiger partial charge is 0.374 e. The van der Waals surface area contributed by atoms with Gasteiger partial charge < -0.3 is 36.8 Å². The summed E-state index contributed by atoms with van der Waals surface area (Å²) in [6.45, 7) is 0. The van der Waals surface area contributed by atoms with Gasteiger partial charge in [-0.2, -0.15) is 16.8 Å². The predicted molar refractivity (Wildman–Crippen MR) is 158 cm³/mol. The monoisotopic (exact) mass is 712 g/mol. The number of ketones is 2. The SMILES string of the molecule is COC(=O)c1cc2cc3c(c(OS(C)(=O)=O)c2c(=O)o1)OC1(Cc2c(O)c4c(c(OS(C)(=O)=O)c2O1)C(=O)C(OC)=CC4=O)CC3Cl. The molecule has 3 heterocycles. The van der Waals surface area contributed by atoms with Crippen molar-refractivity contribution in [3.05, 3.63) is 62.4 Å². The van der Waals surface area contributed by atoms with Crippen LogP contribution in [0.5, 0.6) is 28.7 Å². The highest BCUT2D eigenvalue weighted by atomic mass is 35.5. The molecule has 2 aliphatic heterocycles. The average Bonchev–Trinajstić information content (AvgIpc) is 3.33. The molecule has 0 amide bonds. The number of halogens is 1. The standard InChI is InChI=1S/C28H21ClO16S2/c1-39-15-7-14(30)18-19(21(15)32)25(45-47(4,37)38)23-12(20(18)31)8-28(43-23)9-13(29)11-5-10-6-16(26(33)40-2)41-27(34)17(10)24(22(11)42-28)44-46(3,35)36/h5-7,13,31H,8-9H2,1-4H3. The summed E-state index contributed by atoms with van der Waals surface area (Å²) in [5.41, 5.74) is -2.57. The summed E-state index contributed by atoms with van der Waals surface area (Å²) in [5, 5.41) is 9.66. The number of Topliss-reactive ketones (excluding diaryl/α,β-unsaturated/α-hetero) is 1. The Hall–Kier alpha value is -4.81. The molecular weight excluding hydrogens is 692 g/mol. The normalized spacial score (nSPS) is 20.0. The number of phenols is 1. The molecule has 2 aromatic carbocycles. The summed E-state index contributed by atoms with van der Waals surface area (Å²) in [5.74, 6) is -8.94. The number of esters is 1. The summed E-state index contributed by atoms with van der Waals surface area (Å²) in [6.07, 6.45) is 1.43. The molecule has 2 atom stereocenters. The number of methoxy groups -OCH3 is 2. The maximum atomic E-state index is 13.3. The first-order valence-electron chi connectivity index (χ1n) is 13.2. The number of phenolic OH excluding ortho intramolecular Hbond substituents is 1. The Kier molecular flexibility index (Phi) is 7.26. The highest BCUT2D eigenvalue weighted by Crippen LogP contribution is 2.58. The highest BCUT2D eigenvalue weighted by molar-refractivity contribution is 7.86. The van der Waals surface area contributed by atoms with E-state index in [9.17, 15) is 41.1 Å². The van der Waals surface area contributed by atoms with E-state index < -0.39 is 118 Å². The number of alkyl halides is 1. The molecule has 6 rings (SSSR count). The summed E-state index contributed by atoms with van der Waals surface area (Å²) < 4.78 is 86.6. The van der Waals surface area contributed by atoms with Crippen LogP contribution in [0.1, 0.15) is 54.2 Å². The number of ether oxygens (including phenoxy) is 4. The maximum Gasteiger partial charge on any atom is 0.374 e. The second kappa shape index (κ2) is 10.6. The van der Waals surface area contributed by atoms with Crippen LogP contribution in [0.15, 0.2) is 33.2 Å². The van der Waals surface area contributed by atoms with Gasteiger partial charge in [-0.1, -0.05) is 0 Å². The lowest BCUT2D eigenvalue weighted by Gasteiger charge is -2.37. The molecule has 1 spiro atoms. The van der Waals surface area contributed by atoms with E-state index in [1.807, 2.05) is 0 Å². The second-order valence-corrected chi connectivity index (χ2v) is 14.3. The van der Waals surface area contributed by atoms with Gasteiger partial charge in [0, 0.05) is 23.6 Å². The molecule has 19 heteroatoms. The molecule has 1 aliphatic carbocycles. The zero-order chi connectivity index (χ0) is 34.4. The second-order valence-electron chi connectivity index (χ2n) is 10.7. The molecule has 0 bridgehead atoms. The van der Waals surface area contributed by atoms with Crippen LogP contribution in [0.4, 0.5) is 0 Å². The fraction of sp³-hybridized carbons (Fsp3) is 0.286. The van der Waals surface area contributed by atoms with Crippen molar-refractivity contribution in [1.29, 1.82) is 0 Å². The van der Waals surface area contributed by atoms with Crippen LogP contribution in [0.2, 0.25) is 0 Å². The molecule has 0 saturated heterocycles. The van der Waals surface area contributed by atoms with E-state index in [1.165, 1.54) is 6.07 Å². The van der Waals surface area contributed by atoms with Crippen LogP contribution >= 0.6 is 11.6 Å². The number of rotatable bonds is 6. The lowest BCUT2D eigenvalue weighted by atomic mass is 9.87. The van der Waals surface area contributed by atoms with E-state index in [0.717, 1.165) is 26.4 Å². The van der Waals surface area contributed by atoms with Gasteiger partial charge in [0.2, 0.25) is 11.5 Å². The topological polar surface area (TPSA) is 225 Å². The van der Waals surface area contributed by atoms with Crippen LogP contribution in [-0.4, -0.2) is 72.0 Å². The van der Waals surface area contributed by atoms with Gasteiger partial charge in [0.15, 0.2) is 34.5 Å². The Labute approximate surface area is 269 Å². The zero-order valence-electron chi connectivity index (χ0n) is 24.5. The Morgan fingerprint density at radius 2 is 1.62 bits per heavy atom. The number of carbonyl (C=O) groups excluding carboxylic acids is 3. The molecule has 1 N–H and O–H groups in total. The van der Waals surface area contributed by atoms with Crippen LogP contribution in [-0.2, 0) is 36.1 Å². The van der Waals surface area contributed by atoms with Crippen molar-refractivity contribution < 1.29 is 68.1 Å². The highest BCUT2D eigenvalue weighted by Gasteiger charge is 2.53. The number of hydrogen-bond acceptors (Lipinski definition) is 16. The third kappa shape index (κ3) is 5.31. The van der Waals surface area contributed by atoms with Gasteiger partial charge >= 0.3 is 31.8 Å². The first kappa shape index (κ1) is 32.1. The molecule has 16 nitrogen and oxygen atoms in total. The van der Waals surface area contributed by atoms with Crippen molar-refractivity contribution in [3.8, 4) is 28.7 Å². The lowest BCUT2D eigenvalue weighted by Crippen LogP contribution is -2.45. The largest absolute Gasteiger partial charge is 0.507 e. The number of carbonyl (C=O) groups is 3. The van der Waals surface area contributed by atoms with Gasteiger partial charge in [0.1, 0.15) is 11.1 Å². The number of allylic oxidation sites excluding steroid dienone is 2. The Bertz CT molecular complexity index is 2290. The first-order chi connectivity index (χ1) is 21.9. The van der Waals surface area contributed by atoms with E-state index >= 15 is 0 Å². The van der Waals surface area contributed by atoms with E-state index in [-0.39, 0.29) is 22.9 Å². The minimum absolute atomic E-state index is 0.0208. The molecule has 2 unspecified atom stereocenters. The molecule has 47 heavy (non-hydrogen) atoms. The van der Waals surface area contributed by atoms with Gasteiger partial charge in [0.25, 0.3) is 5.79 Å². The van der Waals surface area contributed by atoms with Crippen LogP contribution in [0.25, 0.3) is 10.8 Å². The van der Waals surface area contributed by atoms with Gasteiger partial charge in [-0.25, -0.2) is 9.59 Å². The predicted octanol–water partition coefficient (Wildman–Crippen LogP) is 2.27. The van der Waals surface area contributed by atoms with Crippen molar-refractivity contribution in [2.45, 2.75) is 24.0 Å². The van der Waals surface area contributed by atoms with Crippen molar-refractivity contribution in [1.82, 2.24) is 0 Å². The Morgan fingerprint density at radius 3 is 2.23 bits per heavy atom. The summed E-state index contributed by atoms with van der Waals surface area (Å²) >= 11 is 6.79. The van der Waals surface area contributed by atoms with Gasteiger partial charge in [-0.3, -0.25) is 9.59 Å². The van der Waals surface area contributed by atoms with E-state index in [0.29, 0.717) is 12.5 Å². The third-order valence-electron chi connectivity index (χ3n) is 7.35. The minimum atomic E-state index is -4.40. The number of aromatic hydroxyl groups is 1. The van der Waals surface area contributed by atoms with E-state index in [2.05, 4.69) is 4.74 Å². The fourth-order valence-corrected chi connectivity index (χ4v) is 6.92. The molecule has 3 aliphatic rings. The number of fused-ring (bicyclic) bond motifs is 4. The van der Waals surface area contributed by atoms with Crippen molar-refractivity contribution in [2.75, 3.05) is 26.7 Å². The third-order valence-corrected chi connectivity index (χ3v) is 8.68. The Morgan fingerprint density at radius 1 is 0.979 bits per heavy atom. The van der Waals surface area contributed by atoms with Crippen molar-refractivity contribution in [2.24, 2.45) is 0 Å². The zero-order valence-corrected chi connectivity index (χ0v) is 26.9. The summed E-state index contributed by atoms with van der Waals surface area (Å²) in [7, 11) is -6.62. The fourth-order valence-electron chi connectivity index (χ4n) is 5.60. The molecule has 3 aromatic rings. The minimum Gasteiger partial charge on any atom is -0.507 e. The summed E-state index contributed by atoms with van der Waals surface area (Å²) in [4.78, 5) is 51.5. The maximum absolute atomic E-state index is 13.3. The molecule has 0 fully saturated rings. The van der Waals surface area contributed by atoms with Crippen LogP contribution < -0.4 is 23.5 Å². The quantitative estimate of drug-likeness (QED) is 0.220.